The van der Waals surface area contributed by atoms with Crippen molar-refractivity contribution in [3.05, 3.63) is 84.1 Å². The molecule has 1 aromatic heterocycles. The van der Waals surface area contributed by atoms with E-state index in [1.54, 1.807) is 13.2 Å². The molecule has 264 valence electrons. The van der Waals surface area contributed by atoms with Gasteiger partial charge in [-0.2, -0.15) is 6.20 Å². The number of hydrogen-bond donors (Lipinski definition) is 5. The Morgan fingerprint density at radius 3 is 2.25 bits per heavy atom. The first-order valence-corrected chi connectivity index (χ1v) is 18.8. The summed E-state index contributed by atoms with van der Waals surface area (Å²) in [6.07, 6.45) is 3.29. The van der Waals surface area contributed by atoms with Gasteiger partial charge < -0.3 is 41.5 Å². The van der Waals surface area contributed by atoms with Gasteiger partial charge in [0.25, 0.3) is 0 Å². The first-order chi connectivity index (χ1) is 23.4. The van der Waals surface area contributed by atoms with Crippen molar-refractivity contribution in [3.8, 4) is 0 Å². The van der Waals surface area contributed by atoms with Crippen molar-refractivity contribution >= 4 is 46.8 Å². The van der Waals surface area contributed by atoms with E-state index in [4.69, 9.17) is 5.73 Å². The van der Waals surface area contributed by atoms with Gasteiger partial charge in [0, 0.05) is 18.5 Å². The first-order valence-electron chi connectivity index (χ1n) is 16.9. The maximum atomic E-state index is 14.4. The Kier molecular flexibility index (Phi) is 19.1. The number of nitrogens with zero attached hydrogens (tertiary/aromatic N) is 1. The molecule has 0 saturated carbocycles. The number of carboxylic acids is 1. The largest absolute Gasteiger partial charge is 1.00 e. The van der Waals surface area contributed by atoms with E-state index in [-0.39, 0.29) is 84.3 Å². The number of benzene rings is 3. The average Bonchev–Trinajstić information content (AvgIpc) is 3.48. The molecule has 0 aliphatic carbocycles. The van der Waals surface area contributed by atoms with E-state index in [2.05, 4.69) is 20.9 Å². The van der Waals surface area contributed by atoms with Crippen LogP contribution in [0, 0.1) is 11.8 Å². The summed E-state index contributed by atoms with van der Waals surface area (Å²) in [4.78, 5) is 55.6. The summed E-state index contributed by atoms with van der Waals surface area (Å²) in [5.74, 6) is -4.81. The second-order valence-corrected chi connectivity index (χ2v) is 15.7. The van der Waals surface area contributed by atoms with E-state index in [0.29, 0.717) is 30.5 Å². The number of aliphatic carboxylic acids is 1. The number of rotatable bonds is 19. The van der Waals surface area contributed by atoms with Crippen LogP contribution >= 0.6 is 7.37 Å². The Labute approximate surface area is 344 Å². The summed E-state index contributed by atoms with van der Waals surface area (Å²) >= 11 is 0. The number of fused-ring (bicyclic) bond motifs is 2. The third-order valence-corrected chi connectivity index (χ3v) is 11.1. The molecule has 1 heterocycles. The predicted octanol–water partition coefficient (Wildman–Crippen LogP) is -2.93. The molecule has 4 rings (SSSR count). The molecule has 51 heavy (non-hydrogen) atoms. The summed E-state index contributed by atoms with van der Waals surface area (Å²) in [5, 5.41) is 23.4. The molecule has 0 radical (unpaired) electrons. The molecule has 6 N–H and O–H groups in total. The van der Waals surface area contributed by atoms with Crippen LogP contribution in [-0.2, 0) is 31.8 Å². The molecule has 0 spiro atoms. The minimum Gasteiger partial charge on any atom is -0.663 e. The third-order valence-electron chi connectivity index (χ3n) is 8.89. The molecule has 14 heteroatoms. The second kappa shape index (κ2) is 21.6. The maximum absolute atomic E-state index is 14.4. The van der Waals surface area contributed by atoms with Crippen LogP contribution in [0.25, 0.3) is 21.7 Å². The molecule has 0 saturated heterocycles. The fourth-order valence-corrected chi connectivity index (χ4v) is 8.29. The fourth-order valence-electron chi connectivity index (χ4n) is 6.26. The average molecular weight is 736 g/mol. The van der Waals surface area contributed by atoms with Crippen LogP contribution in [0.4, 0.5) is 0 Å². The van der Waals surface area contributed by atoms with Crippen LogP contribution < -0.4 is 90.9 Å². The number of nitrogens with one attached hydrogen (secondary N) is 3. The number of aromatic nitrogens is 1. The number of hydrogen-bond acceptors (Lipinski definition) is 7. The number of amides is 2. The van der Waals surface area contributed by atoms with Gasteiger partial charge in [0.2, 0.25) is 19.2 Å². The molecule has 11 nitrogen and oxygen atoms in total. The van der Waals surface area contributed by atoms with Crippen molar-refractivity contribution in [1.29, 1.82) is 0 Å². The molecule has 0 aliphatic heterocycles. The summed E-state index contributed by atoms with van der Waals surface area (Å²) < 4.78 is 14.4. The molecular weight excluding hydrogens is 687 g/mol. The van der Waals surface area contributed by atoms with Gasteiger partial charge in [-0.3, -0.25) is 14.2 Å². The van der Waals surface area contributed by atoms with Crippen molar-refractivity contribution in [2.45, 2.75) is 70.2 Å². The smallest absolute Gasteiger partial charge is 0.663 e. The van der Waals surface area contributed by atoms with E-state index in [0.717, 1.165) is 28.1 Å². The first kappa shape index (κ1) is 45.1. The van der Waals surface area contributed by atoms with Gasteiger partial charge in [0.1, 0.15) is 5.78 Å². The number of para-hydroxylation sites is 1. The van der Waals surface area contributed by atoms with Crippen LogP contribution in [-0.4, -0.2) is 60.3 Å². The molecule has 3 aromatic carbocycles. The minimum atomic E-state index is -4.30. The van der Waals surface area contributed by atoms with Gasteiger partial charge in [0.05, 0.1) is 18.1 Å². The predicted molar refractivity (Wildman–Crippen MR) is 191 cm³/mol. The molecule has 4 aromatic rings. The van der Waals surface area contributed by atoms with Crippen molar-refractivity contribution in [2.24, 2.45) is 17.6 Å². The van der Waals surface area contributed by atoms with E-state index in [9.17, 15) is 28.9 Å². The number of carboxylic acid groups (broad SMARTS) is 1. The summed E-state index contributed by atoms with van der Waals surface area (Å²) in [6.45, 7) is 4.26. The van der Waals surface area contributed by atoms with Crippen molar-refractivity contribution in [2.75, 3.05) is 19.8 Å². The van der Waals surface area contributed by atoms with Crippen molar-refractivity contribution in [3.63, 3.8) is 0 Å². The Hall–Kier alpha value is -2.02. The zero-order valence-corrected chi connectivity index (χ0v) is 35.3. The number of unbranched alkanes of at least 4 members (excludes halogenated alkanes) is 1. The molecule has 3 unspecified atom stereocenters. The van der Waals surface area contributed by atoms with Crippen LogP contribution in [0.2, 0.25) is 0 Å². The van der Waals surface area contributed by atoms with Crippen molar-refractivity contribution in [1.82, 2.24) is 20.9 Å². The number of carbonyl (C=O) groups is 3. The quantitative estimate of drug-likeness (QED) is 0.0382. The van der Waals surface area contributed by atoms with Gasteiger partial charge in [-0.05, 0) is 66.9 Å². The summed E-state index contributed by atoms with van der Waals surface area (Å²) in [5.41, 5.74) is 7.74. The van der Waals surface area contributed by atoms with E-state index in [1.165, 1.54) is 0 Å². The molecule has 0 aliphatic rings. The van der Waals surface area contributed by atoms with Gasteiger partial charge in [-0.25, -0.2) is 0 Å². The monoisotopic (exact) mass is 735 g/mol. The minimum absolute atomic E-state index is 0. The Morgan fingerprint density at radius 1 is 0.902 bits per heavy atom. The van der Waals surface area contributed by atoms with E-state index < -0.39 is 55.1 Å². The summed E-state index contributed by atoms with van der Waals surface area (Å²) in [7, 11) is -2.64. The molecule has 0 fully saturated rings. The number of likely N-dealkylation sites (N-methyl/N-ethyl adjacent to an activating group) is 1. The Morgan fingerprint density at radius 2 is 1.59 bits per heavy atom. The topological polar surface area (TPSA) is 188 Å². The van der Waals surface area contributed by atoms with Gasteiger partial charge in [-0.15, -0.1) is 5.52 Å². The molecule has 5 atom stereocenters. The van der Waals surface area contributed by atoms with Crippen LogP contribution in [0.1, 0.15) is 50.7 Å². The maximum Gasteiger partial charge on any atom is 1.00 e. The second-order valence-electron chi connectivity index (χ2n) is 13.2. The fraction of sp³-hybridized carbons (Fsp3) is 0.432. The standard InChI is InChI=1S/C37H49N5O6P.2Na/c1-24(2)18-29(35(43)41-33(37(45)46)21-28-22-40-31-13-7-6-12-30(28)31)23-49(47,48)34(42-36(44)32(39-3)14-8-9-17-38)20-25-15-16-26-10-4-5-11-27(26)19-25;;/h4-7,10-13,15-16,19,22,24,29,32-34,39H,8-9,14,17-18,20-21,23,38H2,1-3H3,(H,41,43)(H,42,44)(H,45,46)(H,47,48);;/q-1;2*+1/p-1/t29?,32-,33-,34?;;/m0../s1. The van der Waals surface area contributed by atoms with Crippen LogP contribution in [0.5, 0.6) is 0 Å². The Balaban J connectivity index is 0.00000451. The van der Waals surface area contributed by atoms with E-state index in [1.807, 2.05) is 80.6 Å². The van der Waals surface area contributed by atoms with Gasteiger partial charge >= 0.3 is 59.1 Å². The normalized spacial score (nSPS) is 14.8. The third kappa shape index (κ3) is 13.1. The summed E-state index contributed by atoms with van der Waals surface area (Å²) in [6, 6.07) is 18.8. The van der Waals surface area contributed by atoms with E-state index >= 15 is 0 Å². The van der Waals surface area contributed by atoms with Crippen LogP contribution in [0.15, 0.2) is 72.9 Å². The van der Waals surface area contributed by atoms with Gasteiger partial charge in [0.15, 0.2) is 0 Å². The zero-order chi connectivity index (χ0) is 35.6. The molecule has 2 amide bonds. The van der Waals surface area contributed by atoms with Gasteiger partial charge in [-0.1, -0.05) is 92.6 Å². The SMILES string of the molecule is CN[C@@H](CCCCN)C(=O)NC(Cc1ccc2ccccc2c1)P(=O)(O)CC(CC(C)C)C(=O)N[C@@H](Cc1c[n-]c2ccccc12)C(=O)[O-].[Na+].[Na+]. The number of nitrogens with two attached hydrogens (primary N) is 1. The zero-order valence-electron chi connectivity index (χ0n) is 30.4. The van der Waals surface area contributed by atoms with Crippen LogP contribution in [0.3, 0.4) is 0 Å². The van der Waals surface area contributed by atoms with Crippen molar-refractivity contribution < 1.29 is 88.1 Å². The Bertz CT molecular complexity index is 1790. The molecule has 0 bridgehead atoms. The molecular formula is C37H48N5Na2O6P. The number of carbonyl (C=O) groups excluding carboxylic acids is 3.